The number of rotatable bonds is 3. The van der Waals surface area contributed by atoms with Crippen molar-refractivity contribution in [3.63, 3.8) is 0 Å². The lowest BCUT2D eigenvalue weighted by Gasteiger charge is -2.07. The number of hydrogen-bond donors (Lipinski definition) is 1. The van der Waals surface area contributed by atoms with Gasteiger partial charge in [-0.15, -0.1) is 0 Å². The number of aryl methyl sites for hydroxylation is 2. The van der Waals surface area contributed by atoms with Gasteiger partial charge < -0.3 is 9.30 Å². The second kappa shape index (κ2) is 5.37. The van der Waals surface area contributed by atoms with Gasteiger partial charge in [0.05, 0.1) is 12.8 Å². The smallest absolute Gasteiger partial charge is 0.329 e. The number of nitrogens with one attached hydrogen (secondary N) is 1. The minimum Gasteiger partial charge on any atom is -0.497 e. The molecule has 0 saturated carbocycles. The minimum absolute atomic E-state index is 0.360. The summed E-state index contributed by atoms with van der Waals surface area (Å²) in [6, 6.07) is 7.70. The summed E-state index contributed by atoms with van der Waals surface area (Å²) in [4.78, 5) is 31.0. The normalized spacial score (nSPS) is 11.5. The van der Waals surface area contributed by atoms with Crippen LogP contribution in [0.4, 0.5) is 0 Å². The summed E-state index contributed by atoms with van der Waals surface area (Å²) in [6.45, 7) is 2.68. The molecule has 4 rings (SSSR count). The Labute approximate surface area is 141 Å². The molecule has 0 bridgehead atoms. The van der Waals surface area contributed by atoms with Gasteiger partial charge >= 0.3 is 5.69 Å². The number of benzene rings is 1. The summed E-state index contributed by atoms with van der Waals surface area (Å²) in [5.74, 6) is 1.40. The monoisotopic (exact) mass is 339 g/mol. The van der Waals surface area contributed by atoms with Crippen LogP contribution in [0.3, 0.4) is 0 Å². The molecule has 1 aromatic carbocycles. The molecular formula is C17H17N5O3. The molecule has 0 amide bonds. The summed E-state index contributed by atoms with van der Waals surface area (Å²) >= 11 is 0. The van der Waals surface area contributed by atoms with Crippen LogP contribution in [0.25, 0.3) is 28.2 Å². The molecule has 0 aliphatic carbocycles. The number of hydrogen-bond acceptors (Lipinski definition) is 4. The van der Waals surface area contributed by atoms with Crippen LogP contribution in [0.2, 0.25) is 0 Å². The molecule has 128 valence electrons. The Balaban J connectivity index is 2.06. The van der Waals surface area contributed by atoms with Crippen molar-refractivity contribution < 1.29 is 4.74 Å². The Morgan fingerprint density at radius 3 is 2.56 bits per heavy atom. The van der Waals surface area contributed by atoms with Crippen LogP contribution in [0.1, 0.15) is 6.92 Å². The van der Waals surface area contributed by atoms with E-state index in [9.17, 15) is 9.59 Å². The van der Waals surface area contributed by atoms with Crippen LogP contribution in [0.5, 0.6) is 5.75 Å². The molecule has 0 aliphatic rings. The number of methoxy groups -OCH3 is 1. The predicted molar refractivity (Wildman–Crippen MR) is 94.2 cm³/mol. The molecule has 8 heteroatoms. The Hall–Kier alpha value is -3.29. The van der Waals surface area contributed by atoms with E-state index in [1.165, 1.54) is 4.57 Å². The first-order valence-corrected chi connectivity index (χ1v) is 7.90. The molecule has 0 spiro atoms. The first-order chi connectivity index (χ1) is 12.0. The molecule has 25 heavy (non-hydrogen) atoms. The third kappa shape index (κ3) is 2.10. The predicted octanol–water partition coefficient (Wildman–Crippen LogP) is 1.37. The van der Waals surface area contributed by atoms with E-state index >= 15 is 0 Å². The zero-order chi connectivity index (χ0) is 17.7. The quantitative estimate of drug-likeness (QED) is 0.611. The van der Waals surface area contributed by atoms with Crippen molar-refractivity contribution in [3.05, 3.63) is 51.3 Å². The van der Waals surface area contributed by atoms with Crippen molar-refractivity contribution in [1.29, 1.82) is 0 Å². The maximum Gasteiger partial charge on any atom is 0.329 e. The second-order valence-electron chi connectivity index (χ2n) is 5.76. The van der Waals surface area contributed by atoms with E-state index in [0.717, 1.165) is 17.0 Å². The summed E-state index contributed by atoms with van der Waals surface area (Å²) in [7, 11) is 3.22. The lowest BCUT2D eigenvalue weighted by molar-refractivity contribution is 0.415. The molecule has 0 unspecified atom stereocenters. The standard InChI is InChI=1S/C17H17N5O3/c1-4-21-12(10-5-7-11(25-3)8-6-10)9-22-13-14(18-16(21)22)20(2)17(24)19-15(13)23/h5-9H,4H2,1-3H3,(H,19,23,24). The molecule has 0 saturated heterocycles. The highest BCUT2D eigenvalue weighted by atomic mass is 16.5. The fourth-order valence-corrected chi connectivity index (χ4v) is 3.11. The summed E-state index contributed by atoms with van der Waals surface area (Å²) < 4.78 is 10.3. The molecule has 3 heterocycles. The third-order valence-corrected chi connectivity index (χ3v) is 4.42. The molecule has 0 fully saturated rings. The van der Waals surface area contributed by atoms with Gasteiger partial charge in [0.15, 0.2) is 11.2 Å². The molecule has 0 atom stereocenters. The number of ether oxygens (including phenoxy) is 1. The van der Waals surface area contributed by atoms with Crippen molar-refractivity contribution in [1.82, 2.24) is 23.5 Å². The van der Waals surface area contributed by atoms with Gasteiger partial charge in [0.2, 0.25) is 5.78 Å². The van der Waals surface area contributed by atoms with Gasteiger partial charge in [-0.3, -0.25) is 18.7 Å². The van der Waals surface area contributed by atoms with Gasteiger partial charge in [0, 0.05) is 25.4 Å². The Morgan fingerprint density at radius 1 is 1.20 bits per heavy atom. The number of aromatic amines is 1. The van der Waals surface area contributed by atoms with Crippen molar-refractivity contribution in [2.75, 3.05) is 7.11 Å². The van der Waals surface area contributed by atoms with E-state index < -0.39 is 11.2 Å². The molecule has 3 aromatic heterocycles. The zero-order valence-electron chi connectivity index (χ0n) is 14.1. The fraction of sp³-hybridized carbons (Fsp3) is 0.235. The molecule has 0 aliphatic heterocycles. The van der Waals surface area contributed by atoms with Crippen LogP contribution >= 0.6 is 0 Å². The Morgan fingerprint density at radius 2 is 1.92 bits per heavy atom. The van der Waals surface area contributed by atoms with E-state index in [1.54, 1.807) is 18.6 Å². The maximum atomic E-state index is 12.3. The van der Waals surface area contributed by atoms with Crippen LogP contribution in [-0.4, -0.2) is 30.6 Å². The van der Waals surface area contributed by atoms with Crippen molar-refractivity contribution in [2.24, 2.45) is 7.05 Å². The van der Waals surface area contributed by atoms with Gasteiger partial charge in [-0.1, -0.05) is 0 Å². The van der Waals surface area contributed by atoms with E-state index in [-0.39, 0.29) is 0 Å². The average molecular weight is 339 g/mol. The van der Waals surface area contributed by atoms with Gasteiger partial charge in [-0.2, -0.15) is 4.98 Å². The SMILES string of the molecule is CCn1c(-c2ccc(OC)cc2)cn2c3c(=O)[nH]c(=O)n(C)c3nc12. The Bertz CT molecular complexity index is 1210. The highest BCUT2D eigenvalue weighted by Gasteiger charge is 2.18. The van der Waals surface area contributed by atoms with Gasteiger partial charge in [-0.05, 0) is 31.2 Å². The molecular weight excluding hydrogens is 322 g/mol. The van der Waals surface area contributed by atoms with E-state index in [4.69, 9.17) is 4.74 Å². The number of fused-ring (bicyclic) bond motifs is 3. The lowest BCUT2D eigenvalue weighted by Crippen LogP contribution is -2.28. The largest absolute Gasteiger partial charge is 0.497 e. The fourth-order valence-electron chi connectivity index (χ4n) is 3.11. The van der Waals surface area contributed by atoms with Crippen molar-refractivity contribution in [2.45, 2.75) is 13.5 Å². The second-order valence-corrected chi connectivity index (χ2v) is 5.76. The zero-order valence-corrected chi connectivity index (χ0v) is 14.1. The molecule has 8 nitrogen and oxygen atoms in total. The van der Waals surface area contributed by atoms with E-state index in [1.807, 2.05) is 42.0 Å². The topological polar surface area (TPSA) is 86.3 Å². The minimum atomic E-state index is -0.475. The molecule has 4 aromatic rings. The Kier molecular flexibility index (Phi) is 3.28. The summed E-state index contributed by atoms with van der Waals surface area (Å²) in [5, 5.41) is 0. The van der Waals surface area contributed by atoms with Crippen molar-refractivity contribution >= 4 is 16.9 Å². The number of aromatic nitrogens is 5. The average Bonchev–Trinajstić information content (AvgIpc) is 3.15. The van der Waals surface area contributed by atoms with Crippen LogP contribution in [0, 0.1) is 0 Å². The number of nitrogens with zero attached hydrogens (tertiary/aromatic N) is 4. The lowest BCUT2D eigenvalue weighted by atomic mass is 10.1. The molecule has 0 radical (unpaired) electrons. The van der Waals surface area contributed by atoms with E-state index in [0.29, 0.717) is 23.5 Å². The third-order valence-electron chi connectivity index (χ3n) is 4.42. The number of H-pyrrole nitrogens is 1. The van der Waals surface area contributed by atoms with Gasteiger partial charge in [0.1, 0.15) is 5.75 Å². The first kappa shape index (κ1) is 15.3. The first-order valence-electron chi connectivity index (χ1n) is 7.90. The van der Waals surface area contributed by atoms with Gasteiger partial charge in [0.25, 0.3) is 5.56 Å². The van der Waals surface area contributed by atoms with Crippen molar-refractivity contribution in [3.8, 4) is 17.0 Å². The van der Waals surface area contributed by atoms with Crippen LogP contribution < -0.4 is 16.0 Å². The van der Waals surface area contributed by atoms with Crippen LogP contribution in [-0.2, 0) is 13.6 Å². The maximum absolute atomic E-state index is 12.3. The van der Waals surface area contributed by atoms with Crippen LogP contribution in [0.15, 0.2) is 40.1 Å². The summed E-state index contributed by atoms with van der Waals surface area (Å²) in [5.41, 5.74) is 1.73. The highest BCUT2D eigenvalue weighted by Crippen LogP contribution is 2.26. The van der Waals surface area contributed by atoms with E-state index in [2.05, 4.69) is 9.97 Å². The summed E-state index contributed by atoms with van der Waals surface area (Å²) in [6.07, 6.45) is 1.87. The van der Waals surface area contributed by atoms with Gasteiger partial charge in [-0.25, -0.2) is 4.79 Å². The highest BCUT2D eigenvalue weighted by molar-refractivity contribution is 5.78. The molecule has 1 N–H and O–H groups in total. The number of imidazole rings is 2.